The van der Waals surface area contributed by atoms with Gasteiger partial charge in [-0.25, -0.2) is 0 Å². The van der Waals surface area contributed by atoms with E-state index in [0.717, 1.165) is 43.2 Å². The van der Waals surface area contributed by atoms with Crippen LogP contribution in [0.5, 0.6) is 0 Å². The number of hydrogen-bond acceptors (Lipinski definition) is 3. The quantitative estimate of drug-likeness (QED) is 0.777. The highest BCUT2D eigenvalue weighted by atomic mass is 79.9. The fraction of sp³-hybridized carbons (Fsp3) is 0.588. The molecule has 1 unspecified atom stereocenters. The van der Waals surface area contributed by atoms with Crippen LogP contribution in [0.15, 0.2) is 28.7 Å². The van der Waals surface area contributed by atoms with Gasteiger partial charge in [-0.1, -0.05) is 28.1 Å². The Bertz CT molecular complexity index is 475. The minimum Gasteiger partial charge on any atom is -0.385 e. The molecule has 22 heavy (non-hydrogen) atoms. The average molecular weight is 369 g/mol. The Morgan fingerprint density at radius 1 is 1.45 bits per heavy atom. The Balaban J connectivity index is 1.96. The molecule has 1 aliphatic rings. The summed E-state index contributed by atoms with van der Waals surface area (Å²) >= 11 is 3.49. The first-order chi connectivity index (χ1) is 10.7. The van der Waals surface area contributed by atoms with Gasteiger partial charge in [-0.3, -0.25) is 4.79 Å². The van der Waals surface area contributed by atoms with Gasteiger partial charge in [0, 0.05) is 30.1 Å². The van der Waals surface area contributed by atoms with Gasteiger partial charge < -0.3 is 15.4 Å². The summed E-state index contributed by atoms with van der Waals surface area (Å²) in [5.41, 5.74) is 1.18. The van der Waals surface area contributed by atoms with Gasteiger partial charge >= 0.3 is 0 Å². The third-order valence-electron chi connectivity index (χ3n) is 4.10. The van der Waals surface area contributed by atoms with Gasteiger partial charge in [-0.05, 0) is 56.5 Å². The second kappa shape index (κ2) is 9.28. The van der Waals surface area contributed by atoms with Crippen LogP contribution in [0.2, 0.25) is 0 Å². The van der Waals surface area contributed by atoms with Gasteiger partial charge in [0.1, 0.15) is 0 Å². The van der Waals surface area contributed by atoms with Crippen molar-refractivity contribution < 1.29 is 9.53 Å². The Kier molecular flexibility index (Phi) is 7.36. The van der Waals surface area contributed by atoms with Crippen molar-refractivity contribution in [1.82, 2.24) is 10.6 Å². The van der Waals surface area contributed by atoms with Crippen molar-refractivity contribution in [1.29, 1.82) is 0 Å². The lowest BCUT2D eigenvalue weighted by Crippen LogP contribution is -2.45. The SMILES string of the molecule is COCCC(Cc1cccc(Br)c1)C(=O)NC1CCNCC1. The van der Waals surface area contributed by atoms with E-state index < -0.39 is 0 Å². The number of halogens is 1. The van der Waals surface area contributed by atoms with Crippen molar-refractivity contribution in [2.75, 3.05) is 26.8 Å². The minimum absolute atomic E-state index is 0.0378. The van der Waals surface area contributed by atoms with E-state index in [0.29, 0.717) is 12.6 Å². The number of benzene rings is 1. The number of rotatable bonds is 7. The number of nitrogens with one attached hydrogen (secondary N) is 2. The Morgan fingerprint density at radius 2 is 2.23 bits per heavy atom. The van der Waals surface area contributed by atoms with Gasteiger partial charge in [-0.2, -0.15) is 0 Å². The highest BCUT2D eigenvalue weighted by Crippen LogP contribution is 2.18. The lowest BCUT2D eigenvalue weighted by Gasteiger charge is -2.26. The molecule has 1 fully saturated rings. The van der Waals surface area contributed by atoms with E-state index in [1.807, 2.05) is 12.1 Å². The predicted octanol–water partition coefficient (Wildman–Crippen LogP) is 2.51. The molecule has 1 aromatic carbocycles. The summed E-state index contributed by atoms with van der Waals surface area (Å²) in [6.07, 6.45) is 3.53. The molecular weight excluding hydrogens is 344 g/mol. The molecule has 1 atom stereocenters. The molecule has 5 heteroatoms. The van der Waals surface area contributed by atoms with E-state index >= 15 is 0 Å². The minimum atomic E-state index is -0.0378. The van der Waals surface area contributed by atoms with Crippen LogP contribution in [0.25, 0.3) is 0 Å². The molecule has 1 aromatic rings. The monoisotopic (exact) mass is 368 g/mol. The van der Waals surface area contributed by atoms with Crippen molar-refractivity contribution in [3.63, 3.8) is 0 Å². The van der Waals surface area contributed by atoms with E-state index in [2.05, 4.69) is 38.7 Å². The zero-order chi connectivity index (χ0) is 15.8. The Hall–Kier alpha value is -0.910. The normalized spacial score (nSPS) is 17.2. The third kappa shape index (κ3) is 5.71. The molecule has 4 nitrogen and oxygen atoms in total. The summed E-state index contributed by atoms with van der Waals surface area (Å²) in [4.78, 5) is 12.6. The molecule has 0 aromatic heterocycles. The lowest BCUT2D eigenvalue weighted by atomic mass is 9.94. The second-order valence-corrected chi connectivity index (χ2v) is 6.76. The molecule has 122 valence electrons. The van der Waals surface area contributed by atoms with Gasteiger partial charge in [-0.15, -0.1) is 0 Å². The molecule has 0 spiro atoms. The fourth-order valence-corrected chi connectivity index (χ4v) is 3.27. The smallest absolute Gasteiger partial charge is 0.223 e. The van der Waals surface area contributed by atoms with Crippen LogP contribution < -0.4 is 10.6 Å². The van der Waals surface area contributed by atoms with Gasteiger partial charge in [0.25, 0.3) is 0 Å². The summed E-state index contributed by atoms with van der Waals surface area (Å²) < 4.78 is 6.22. The van der Waals surface area contributed by atoms with E-state index in [4.69, 9.17) is 4.74 Å². The standard InChI is InChI=1S/C17H25BrN2O2/c1-22-10-7-14(11-13-3-2-4-15(18)12-13)17(21)20-16-5-8-19-9-6-16/h2-4,12,14,16,19H,5-11H2,1H3,(H,20,21). The number of piperidine rings is 1. The summed E-state index contributed by atoms with van der Waals surface area (Å²) in [5, 5.41) is 6.54. The predicted molar refractivity (Wildman–Crippen MR) is 91.9 cm³/mol. The van der Waals surface area contributed by atoms with E-state index in [1.54, 1.807) is 7.11 Å². The maximum atomic E-state index is 12.6. The van der Waals surface area contributed by atoms with Crippen molar-refractivity contribution in [2.45, 2.75) is 31.7 Å². The summed E-state index contributed by atoms with van der Waals surface area (Å²) in [6, 6.07) is 8.47. The lowest BCUT2D eigenvalue weighted by molar-refractivity contribution is -0.126. The zero-order valence-corrected chi connectivity index (χ0v) is 14.7. The number of amides is 1. The van der Waals surface area contributed by atoms with Crippen molar-refractivity contribution >= 4 is 21.8 Å². The molecule has 0 aliphatic carbocycles. The van der Waals surface area contributed by atoms with Crippen LogP contribution in [0, 0.1) is 5.92 Å². The molecule has 1 saturated heterocycles. The maximum Gasteiger partial charge on any atom is 0.223 e. The second-order valence-electron chi connectivity index (χ2n) is 5.85. The fourth-order valence-electron chi connectivity index (χ4n) is 2.82. The molecule has 1 heterocycles. The first kappa shape index (κ1) is 17.4. The van der Waals surface area contributed by atoms with Crippen molar-refractivity contribution in [3.8, 4) is 0 Å². The third-order valence-corrected chi connectivity index (χ3v) is 4.59. The van der Waals surface area contributed by atoms with E-state index in [1.165, 1.54) is 5.56 Å². The summed E-state index contributed by atoms with van der Waals surface area (Å²) in [5.74, 6) is 0.119. The molecular formula is C17H25BrN2O2. The number of carbonyl (C=O) groups excluding carboxylic acids is 1. The van der Waals surface area contributed by atoms with Crippen LogP contribution in [0.4, 0.5) is 0 Å². The first-order valence-corrected chi connectivity index (χ1v) is 8.73. The van der Waals surface area contributed by atoms with Crippen LogP contribution in [-0.2, 0) is 16.0 Å². The highest BCUT2D eigenvalue weighted by Gasteiger charge is 2.22. The Morgan fingerprint density at radius 3 is 2.91 bits per heavy atom. The van der Waals surface area contributed by atoms with Crippen LogP contribution in [0.3, 0.4) is 0 Å². The molecule has 0 saturated carbocycles. The first-order valence-electron chi connectivity index (χ1n) is 7.93. The Labute approximate surface area is 141 Å². The van der Waals surface area contributed by atoms with E-state index in [-0.39, 0.29) is 11.8 Å². The largest absolute Gasteiger partial charge is 0.385 e. The van der Waals surface area contributed by atoms with E-state index in [9.17, 15) is 4.79 Å². The average Bonchev–Trinajstić information content (AvgIpc) is 2.52. The highest BCUT2D eigenvalue weighted by molar-refractivity contribution is 9.10. The molecule has 0 bridgehead atoms. The van der Waals surface area contributed by atoms with Gasteiger partial charge in [0.2, 0.25) is 5.91 Å². The van der Waals surface area contributed by atoms with Crippen molar-refractivity contribution in [2.24, 2.45) is 5.92 Å². The van der Waals surface area contributed by atoms with Crippen LogP contribution in [0.1, 0.15) is 24.8 Å². The van der Waals surface area contributed by atoms with Crippen LogP contribution >= 0.6 is 15.9 Å². The number of hydrogen-bond donors (Lipinski definition) is 2. The molecule has 1 aliphatic heterocycles. The van der Waals surface area contributed by atoms with Crippen LogP contribution in [-0.4, -0.2) is 38.8 Å². The maximum absolute atomic E-state index is 12.6. The molecule has 0 radical (unpaired) electrons. The van der Waals surface area contributed by atoms with Gasteiger partial charge in [0.05, 0.1) is 0 Å². The summed E-state index contributed by atoms with van der Waals surface area (Å²) in [6.45, 7) is 2.58. The summed E-state index contributed by atoms with van der Waals surface area (Å²) in [7, 11) is 1.68. The zero-order valence-electron chi connectivity index (χ0n) is 13.1. The number of methoxy groups -OCH3 is 1. The van der Waals surface area contributed by atoms with Crippen molar-refractivity contribution in [3.05, 3.63) is 34.3 Å². The molecule has 1 amide bonds. The van der Waals surface area contributed by atoms with Gasteiger partial charge in [0.15, 0.2) is 0 Å². The molecule has 2 rings (SSSR count). The molecule has 2 N–H and O–H groups in total. The topological polar surface area (TPSA) is 50.4 Å². The number of carbonyl (C=O) groups is 1. The number of ether oxygens (including phenoxy) is 1.